The van der Waals surface area contributed by atoms with E-state index in [1.165, 1.54) is 19.2 Å². The second kappa shape index (κ2) is 13.9. The second-order valence-electron chi connectivity index (χ2n) is 12.0. The van der Waals surface area contributed by atoms with Crippen molar-refractivity contribution in [2.45, 2.75) is 87.3 Å². The first-order valence-electron chi connectivity index (χ1n) is 14.9. The van der Waals surface area contributed by atoms with Gasteiger partial charge in [-0.05, 0) is 69.7 Å². The summed E-state index contributed by atoms with van der Waals surface area (Å²) in [5, 5.41) is 14.8. The standard InChI is InChI=1S/C31H36F4N2O8S/c1-30(29(40)41)13-11-19(12-14-30)45-26-16-22(25(44-2)17-23(26)32)28(39)37-24-10-5-3-4-9-21(24)27(38)36-18-7-6-8-20(15-18)46(42,43)31(33,34)35/h6-8,15-17,19,21,24H,3-5,9-14H2,1-2H3,(H,36,38)(H,37,39)(H,40,41)/t19-,21-,24+,30+/m0/s1. The van der Waals surface area contributed by atoms with Crippen LogP contribution in [0.4, 0.5) is 23.2 Å². The number of carboxylic acids is 1. The summed E-state index contributed by atoms with van der Waals surface area (Å²) in [6.45, 7) is 1.65. The summed E-state index contributed by atoms with van der Waals surface area (Å²) < 4.78 is 89.0. The highest BCUT2D eigenvalue weighted by atomic mass is 32.2. The van der Waals surface area contributed by atoms with Gasteiger partial charge in [0, 0.05) is 17.8 Å². The van der Waals surface area contributed by atoms with Crippen molar-refractivity contribution in [3.63, 3.8) is 0 Å². The number of benzene rings is 2. The Labute approximate surface area is 263 Å². The molecule has 2 aliphatic carbocycles. The van der Waals surface area contributed by atoms with Crippen molar-refractivity contribution >= 4 is 33.3 Å². The Balaban J connectivity index is 1.51. The molecule has 0 unspecified atom stereocenters. The van der Waals surface area contributed by atoms with Crippen molar-refractivity contribution < 1.29 is 54.9 Å². The summed E-state index contributed by atoms with van der Waals surface area (Å²) in [5.41, 5.74) is -6.62. The van der Waals surface area contributed by atoms with Crippen molar-refractivity contribution in [1.82, 2.24) is 5.32 Å². The molecule has 0 heterocycles. The molecule has 0 aliphatic heterocycles. The molecule has 2 aromatic rings. The van der Waals surface area contributed by atoms with E-state index in [1.54, 1.807) is 6.92 Å². The number of carbonyl (C=O) groups is 3. The number of alkyl halides is 3. The van der Waals surface area contributed by atoms with Gasteiger partial charge < -0.3 is 25.2 Å². The van der Waals surface area contributed by atoms with Gasteiger partial charge in [-0.3, -0.25) is 14.4 Å². The average Bonchev–Trinajstić information content (AvgIpc) is 3.24. The fraction of sp³-hybridized carbons (Fsp3) is 0.516. The van der Waals surface area contributed by atoms with Crippen LogP contribution >= 0.6 is 0 Å². The van der Waals surface area contributed by atoms with Crippen LogP contribution < -0.4 is 20.1 Å². The molecule has 2 aromatic carbocycles. The number of halogens is 4. The number of methoxy groups -OCH3 is 1. The lowest BCUT2D eigenvalue weighted by atomic mass is 9.75. The van der Waals surface area contributed by atoms with E-state index in [2.05, 4.69) is 10.6 Å². The van der Waals surface area contributed by atoms with Crippen LogP contribution in [-0.2, 0) is 19.4 Å². The van der Waals surface area contributed by atoms with Gasteiger partial charge in [0.15, 0.2) is 11.6 Å². The largest absolute Gasteiger partial charge is 0.501 e. The molecule has 15 heteroatoms. The van der Waals surface area contributed by atoms with E-state index in [0.29, 0.717) is 51.4 Å². The lowest BCUT2D eigenvalue weighted by molar-refractivity contribution is -0.150. The molecule has 2 amide bonds. The van der Waals surface area contributed by atoms with E-state index < -0.39 is 67.3 Å². The van der Waals surface area contributed by atoms with E-state index in [9.17, 15) is 45.5 Å². The molecule has 46 heavy (non-hydrogen) atoms. The fourth-order valence-corrected chi connectivity index (χ4v) is 6.67. The first-order valence-corrected chi connectivity index (χ1v) is 16.3. The second-order valence-corrected chi connectivity index (χ2v) is 13.9. The predicted octanol–water partition coefficient (Wildman–Crippen LogP) is 5.86. The predicted molar refractivity (Wildman–Crippen MR) is 158 cm³/mol. The minimum absolute atomic E-state index is 0.0569. The van der Waals surface area contributed by atoms with E-state index in [1.807, 2.05) is 0 Å². The van der Waals surface area contributed by atoms with Crippen LogP contribution in [-0.4, -0.2) is 56.1 Å². The summed E-state index contributed by atoms with van der Waals surface area (Å²) in [7, 11) is -4.38. The number of sulfone groups is 1. The van der Waals surface area contributed by atoms with Gasteiger partial charge in [0.25, 0.3) is 15.7 Å². The van der Waals surface area contributed by atoms with Gasteiger partial charge >= 0.3 is 11.5 Å². The summed E-state index contributed by atoms with van der Waals surface area (Å²) in [6, 6.07) is 5.34. The number of hydrogen-bond donors (Lipinski definition) is 3. The third-order valence-corrected chi connectivity index (χ3v) is 10.2. The lowest BCUT2D eigenvalue weighted by Crippen LogP contribution is -2.44. The smallest absolute Gasteiger partial charge is 0.496 e. The molecule has 4 rings (SSSR count). The van der Waals surface area contributed by atoms with Crippen LogP contribution in [0.25, 0.3) is 0 Å². The van der Waals surface area contributed by atoms with Crippen molar-refractivity contribution in [2.24, 2.45) is 11.3 Å². The lowest BCUT2D eigenvalue weighted by Gasteiger charge is -2.34. The van der Waals surface area contributed by atoms with Gasteiger partial charge in [-0.1, -0.05) is 25.3 Å². The normalized spacial score (nSPS) is 23.9. The zero-order chi connectivity index (χ0) is 33.9. The zero-order valence-corrected chi connectivity index (χ0v) is 26.1. The Morgan fingerprint density at radius 1 is 0.978 bits per heavy atom. The maximum atomic E-state index is 15.0. The van der Waals surface area contributed by atoms with Crippen LogP contribution in [0, 0.1) is 17.2 Å². The number of rotatable bonds is 9. The quantitative estimate of drug-likeness (QED) is 0.222. The summed E-state index contributed by atoms with van der Waals surface area (Å²) >= 11 is 0. The number of anilines is 1. The molecule has 0 radical (unpaired) electrons. The molecule has 0 bridgehead atoms. The van der Waals surface area contributed by atoms with E-state index in [0.717, 1.165) is 30.7 Å². The Hall–Kier alpha value is -3.88. The van der Waals surface area contributed by atoms with Crippen molar-refractivity contribution in [2.75, 3.05) is 12.4 Å². The van der Waals surface area contributed by atoms with Crippen molar-refractivity contribution in [1.29, 1.82) is 0 Å². The highest BCUT2D eigenvalue weighted by Gasteiger charge is 2.47. The Morgan fingerprint density at radius 3 is 2.28 bits per heavy atom. The number of carbonyl (C=O) groups excluding carboxylic acids is 2. The molecule has 0 saturated heterocycles. The number of hydrogen-bond acceptors (Lipinski definition) is 7. The Morgan fingerprint density at radius 2 is 1.65 bits per heavy atom. The number of amides is 2. The maximum Gasteiger partial charge on any atom is 0.501 e. The number of ether oxygens (including phenoxy) is 2. The molecule has 2 saturated carbocycles. The molecule has 252 valence electrons. The number of aliphatic carboxylic acids is 1. The van der Waals surface area contributed by atoms with Crippen molar-refractivity contribution in [3.8, 4) is 11.5 Å². The third-order valence-electron chi connectivity index (χ3n) is 8.73. The monoisotopic (exact) mass is 672 g/mol. The van der Waals surface area contributed by atoms with Gasteiger partial charge in [-0.15, -0.1) is 0 Å². The van der Waals surface area contributed by atoms with E-state index in [-0.39, 0.29) is 22.7 Å². The zero-order valence-electron chi connectivity index (χ0n) is 25.3. The Kier molecular flexibility index (Phi) is 10.5. The topological polar surface area (TPSA) is 148 Å². The average molecular weight is 673 g/mol. The van der Waals surface area contributed by atoms with Crippen LogP contribution in [0.15, 0.2) is 41.3 Å². The highest BCUT2D eigenvalue weighted by molar-refractivity contribution is 7.92. The third kappa shape index (κ3) is 7.73. The summed E-state index contributed by atoms with van der Waals surface area (Å²) in [6.07, 6.45) is 3.75. The molecule has 3 N–H and O–H groups in total. The Bertz CT molecular complexity index is 1570. The van der Waals surface area contributed by atoms with Crippen molar-refractivity contribution in [3.05, 3.63) is 47.8 Å². The summed E-state index contributed by atoms with van der Waals surface area (Å²) in [5.74, 6) is -4.08. The van der Waals surface area contributed by atoms with Gasteiger partial charge in [0.1, 0.15) is 5.75 Å². The minimum Gasteiger partial charge on any atom is -0.496 e. The molecule has 0 aromatic heterocycles. The highest BCUT2D eigenvalue weighted by Crippen LogP contribution is 2.39. The molecular formula is C31H36F4N2O8S. The molecule has 2 fully saturated rings. The first-order chi connectivity index (χ1) is 21.6. The van der Waals surface area contributed by atoms with Crippen LogP contribution in [0.3, 0.4) is 0 Å². The number of nitrogens with one attached hydrogen (secondary N) is 2. The molecule has 2 aliphatic rings. The molecule has 10 nitrogen and oxygen atoms in total. The maximum absolute atomic E-state index is 15.0. The molecule has 2 atom stereocenters. The van der Waals surface area contributed by atoms with Gasteiger partial charge in [0.05, 0.1) is 35.0 Å². The first kappa shape index (κ1) is 35.0. The van der Waals surface area contributed by atoms with Crippen LogP contribution in [0.5, 0.6) is 11.5 Å². The number of carboxylic acid groups (broad SMARTS) is 1. The van der Waals surface area contributed by atoms with E-state index in [4.69, 9.17) is 9.47 Å². The molecule has 0 spiro atoms. The van der Waals surface area contributed by atoms with Gasteiger partial charge in [-0.2, -0.15) is 13.2 Å². The fourth-order valence-electron chi connectivity index (χ4n) is 5.86. The molecular weight excluding hydrogens is 636 g/mol. The van der Waals surface area contributed by atoms with E-state index >= 15 is 0 Å². The summed E-state index contributed by atoms with van der Waals surface area (Å²) in [4.78, 5) is 37.5. The van der Waals surface area contributed by atoms with Gasteiger partial charge in [-0.25, -0.2) is 12.8 Å². The van der Waals surface area contributed by atoms with Gasteiger partial charge in [0.2, 0.25) is 5.91 Å². The minimum atomic E-state index is -5.63. The van der Waals surface area contributed by atoms with Crippen LogP contribution in [0.1, 0.15) is 75.1 Å². The van der Waals surface area contributed by atoms with Crippen LogP contribution in [0.2, 0.25) is 0 Å². The SMILES string of the molecule is COc1cc(F)c(O[C@H]2CC[C@@](C)(C(=O)O)CC2)cc1C(=O)N[C@@H]1CCCCC[C@@H]1C(=O)Nc1cccc(S(=O)(=O)C(F)(F)F)c1.